The van der Waals surface area contributed by atoms with Gasteiger partial charge in [-0.15, -0.1) is 0 Å². The Hall–Kier alpha value is -1.09. The van der Waals surface area contributed by atoms with Crippen molar-refractivity contribution in [3.8, 4) is 0 Å². The molecule has 16 heavy (non-hydrogen) atoms. The van der Waals surface area contributed by atoms with E-state index in [1.165, 1.54) is 24.8 Å². The third kappa shape index (κ3) is 1.50. The highest BCUT2D eigenvalue weighted by Crippen LogP contribution is 2.31. The molecule has 1 aliphatic rings. The average Bonchev–Trinajstić information content (AvgIpc) is 2.51. The molecule has 0 bridgehead atoms. The first kappa shape index (κ1) is 10.1. The first-order valence-corrected chi connectivity index (χ1v) is 6.09. The largest absolute Gasteiger partial charge is 0.332 e. The Morgan fingerprint density at radius 2 is 2.25 bits per heavy atom. The van der Waals surface area contributed by atoms with Crippen molar-refractivity contribution in [2.75, 3.05) is 0 Å². The van der Waals surface area contributed by atoms with E-state index in [2.05, 4.69) is 27.7 Å². The maximum Gasteiger partial charge on any atom is 0.145 e. The Bertz CT molecular complexity index is 528. The van der Waals surface area contributed by atoms with E-state index >= 15 is 0 Å². The molecule has 0 aromatic carbocycles. The number of rotatable bonds is 2. The van der Waals surface area contributed by atoms with E-state index in [4.69, 9.17) is 11.6 Å². The molecule has 3 rings (SSSR count). The van der Waals surface area contributed by atoms with Crippen molar-refractivity contribution in [3.05, 3.63) is 23.2 Å². The molecule has 1 aliphatic carbocycles. The van der Waals surface area contributed by atoms with E-state index in [1.807, 2.05) is 0 Å². The van der Waals surface area contributed by atoms with Crippen LogP contribution in [-0.2, 0) is 6.54 Å². The van der Waals surface area contributed by atoms with Crippen LogP contribution in [0.3, 0.4) is 0 Å². The van der Waals surface area contributed by atoms with Gasteiger partial charge < -0.3 is 4.57 Å². The van der Waals surface area contributed by atoms with Gasteiger partial charge in [0.25, 0.3) is 0 Å². The lowest BCUT2D eigenvalue weighted by Gasteiger charge is -2.25. The van der Waals surface area contributed by atoms with Gasteiger partial charge in [0.2, 0.25) is 0 Å². The standard InChI is InChI=1S/C12H14ClN3/c1-8-5-16(6-9-3-2-4-9)12-10(8)11(13)14-7-15-12/h5,7,9H,2-4,6H2,1H3. The fourth-order valence-corrected chi connectivity index (χ4v) is 2.64. The normalized spacial score (nSPS) is 16.6. The summed E-state index contributed by atoms with van der Waals surface area (Å²) in [7, 11) is 0. The third-order valence-corrected chi connectivity index (χ3v) is 3.76. The van der Waals surface area contributed by atoms with Crippen LogP contribution in [0.25, 0.3) is 11.0 Å². The summed E-state index contributed by atoms with van der Waals surface area (Å²) >= 11 is 6.10. The minimum atomic E-state index is 0.565. The molecule has 0 radical (unpaired) electrons. The van der Waals surface area contributed by atoms with Gasteiger partial charge in [0.1, 0.15) is 17.1 Å². The zero-order valence-electron chi connectivity index (χ0n) is 9.28. The lowest BCUT2D eigenvalue weighted by Crippen LogP contribution is -2.17. The Kier molecular flexibility index (Phi) is 2.36. The molecule has 2 aromatic heterocycles. The Labute approximate surface area is 99.5 Å². The molecular weight excluding hydrogens is 222 g/mol. The minimum absolute atomic E-state index is 0.565. The molecule has 0 unspecified atom stereocenters. The summed E-state index contributed by atoms with van der Waals surface area (Å²) in [4.78, 5) is 8.38. The maximum absolute atomic E-state index is 6.10. The molecule has 1 saturated carbocycles. The molecule has 2 heterocycles. The van der Waals surface area contributed by atoms with Gasteiger partial charge in [0.05, 0.1) is 5.39 Å². The van der Waals surface area contributed by atoms with Crippen molar-refractivity contribution < 1.29 is 0 Å². The molecule has 0 saturated heterocycles. The van der Waals surface area contributed by atoms with Gasteiger partial charge in [-0.2, -0.15) is 0 Å². The highest BCUT2D eigenvalue weighted by Gasteiger charge is 2.20. The molecule has 3 nitrogen and oxygen atoms in total. The first-order valence-electron chi connectivity index (χ1n) is 5.71. The highest BCUT2D eigenvalue weighted by molar-refractivity contribution is 6.34. The van der Waals surface area contributed by atoms with Gasteiger partial charge in [-0.25, -0.2) is 9.97 Å². The Morgan fingerprint density at radius 3 is 2.94 bits per heavy atom. The van der Waals surface area contributed by atoms with E-state index in [0.29, 0.717) is 5.15 Å². The zero-order chi connectivity index (χ0) is 11.1. The quantitative estimate of drug-likeness (QED) is 0.749. The van der Waals surface area contributed by atoms with E-state index in [0.717, 1.165) is 23.5 Å². The van der Waals surface area contributed by atoms with Crippen LogP contribution in [0.15, 0.2) is 12.5 Å². The predicted molar refractivity (Wildman–Crippen MR) is 64.6 cm³/mol. The van der Waals surface area contributed by atoms with Gasteiger partial charge in [-0.05, 0) is 31.2 Å². The predicted octanol–water partition coefficient (Wildman–Crippen LogP) is 3.19. The van der Waals surface area contributed by atoms with Crippen molar-refractivity contribution >= 4 is 22.6 Å². The lowest BCUT2D eigenvalue weighted by molar-refractivity contribution is 0.279. The summed E-state index contributed by atoms with van der Waals surface area (Å²) in [5.74, 6) is 0.823. The zero-order valence-corrected chi connectivity index (χ0v) is 10.0. The van der Waals surface area contributed by atoms with Gasteiger partial charge in [0, 0.05) is 12.7 Å². The Balaban J connectivity index is 2.07. The van der Waals surface area contributed by atoms with E-state index in [-0.39, 0.29) is 0 Å². The average molecular weight is 236 g/mol. The molecule has 84 valence electrons. The second-order valence-corrected chi connectivity index (χ2v) is 4.98. The summed E-state index contributed by atoms with van der Waals surface area (Å²) < 4.78 is 2.22. The summed E-state index contributed by atoms with van der Waals surface area (Å²) in [6.45, 7) is 3.13. The van der Waals surface area contributed by atoms with Crippen LogP contribution >= 0.6 is 11.6 Å². The number of aryl methyl sites for hydroxylation is 1. The van der Waals surface area contributed by atoms with E-state index < -0.39 is 0 Å². The molecule has 0 spiro atoms. The fraction of sp³-hybridized carbons (Fsp3) is 0.500. The van der Waals surface area contributed by atoms with Crippen LogP contribution in [0, 0.1) is 12.8 Å². The van der Waals surface area contributed by atoms with Gasteiger partial charge in [0.15, 0.2) is 0 Å². The number of aromatic nitrogens is 3. The molecule has 4 heteroatoms. The van der Waals surface area contributed by atoms with Crippen molar-refractivity contribution in [1.82, 2.24) is 14.5 Å². The molecule has 0 N–H and O–H groups in total. The number of hydrogen-bond donors (Lipinski definition) is 0. The first-order chi connectivity index (χ1) is 7.75. The minimum Gasteiger partial charge on any atom is -0.332 e. The third-order valence-electron chi connectivity index (χ3n) is 3.48. The summed E-state index contributed by atoms with van der Waals surface area (Å²) in [6.07, 6.45) is 7.75. The van der Waals surface area contributed by atoms with Crippen LogP contribution in [-0.4, -0.2) is 14.5 Å². The lowest BCUT2D eigenvalue weighted by atomic mass is 9.85. The molecular formula is C12H14ClN3. The number of halogens is 1. The Morgan fingerprint density at radius 1 is 1.44 bits per heavy atom. The number of hydrogen-bond acceptors (Lipinski definition) is 2. The van der Waals surface area contributed by atoms with Crippen LogP contribution in [0.5, 0.6) is 0 Å². The van der Waals surface area contributed by atoms with Crippen LogP contribution in [0.1, 0.15) is 24.8 Å². The highest BCUT2D eigenvalue weighted by atomic mass is 35.5. The number of nitrogens with zero attached hydrogens (tertiary/aromatic N) is 3. The van der Waals surface area contributed by atoms with Gasteiger partial charge in [-0.3, -0.25) is 0 Å². The molecule has 0 amide bonds. The van der Waals surface area contributed by atoms with Crippen molar-refractivity contribution in [2.24, 2.45) is 5.92 Å². The smallest absolute Gasteiger partial charge is 0.145 e. The van der Waals surface area contributed by atoms with Crippen molar-refractivity contribution in [1.29, 1.82) is 0 Å². The van der Waals surface area contributed by atoms with Crippen LogP contribution in [0.4, 0.5) is 0 Å². The van der Waals surface area contributed by atoms with Crippen molar-refractivity contribution in [3.63, 3.8) is 0 Å². The number of fused-ring (bicyclic) bond motifs is 1. The van der Waals surface area contributed by atoms with Crippen molar-refractivity contribution in [2.45, 2.75) is 32.7 Å². The fourth-order valence-electron chi connectivity index (χ4n) is 2.36. The van der Waals surface area contributed by atoms with E-state index in [9.17, 15) is 0 Å². The molecule has 0 atom stereocenters. The second kappa shape index (κ2) is 3.74. The van der Waals surface area contributed by atoms with Crippen LogP contribution < -0.4 is 0 Å². The summed E-state index contributed by atoms with van der Waals surface area (Å²) in [5, 5.41) is 1.57. The SMILES string of the molecule is Cc1cn(CC2CCC2)c2ncnc(Cl)c12. The van der Waals surface area contributed by atoms with Gasteiger partial charge >= 0.3 is 0 Å². The summed E-state index contributed by atoms with van der Waals surface area (Å²) in [6, 6.07) is 0. The summed E-state index contributed by atoms with van der Waals surface area (Å²) in [5.41, 5.74) is 2.14. The van der Waals surface area contributed by atoms with Gasteiger partial charge in [-0.1, -0.05) is 18.0 Å². The topological polar surface area (TPSA) is 30.7 Å². The monoisotopic (exact) mass is 235 g/mol. The van der Waals surface area contributed by atoms with E-state index in [1.54, 1.807) is 6.33 Å². The van der Waals surface area contributed by atoms with Crippen LogP contribution in [0.2, 0.25) is 5.15 Å². The molecule has 1 fully saturated rings. The molecule has 2 aromatic rings. The maximum atomic E-state index is 6.10. The molecule has 0 aliphatic heterocycles. The second-order valence-electron chi connectivity index (χ2n) is 4.62.